The molecular formula is C20H26N4O4. The first-order valence-corrected chi connectivity index (χ1v) is 9.79. The fourth-order valence-electron chi connectivity index (χ4n) is 4.59. The number of hydrogen-bond acceptors (Lipinski definition) is 6. The molecule has 0 radical (unpaired) electrons. The van der Waals surface area contributed by atoms with Crippen molar-refractivity contribution in [3.05, 3.63) is 34.9 Å². The van der Waals surface area contributed by atoms with Crippen LogP contribution in [0.4, 0.5) is 0 Å². The van der Waals surface area contributed by atoms with Crippen molar-refractivity contribution in [2.45, 2.75) is 50.4 Å². The van der Waals surface area contributed by atoms with Crippen LogP contribution in [0.15, 0.2) is 18.2 Å². The van der Waals surface area contributed by atoms with Gasteiger partial charge >= 0.3 is 0 Å². The van der Waals surface area contributed by atoms with Gasteiger partial charge in [0.2, 0.25) is 11.8 Å². The lowest BCUT2D eigenvalue weighted by molar-refractivity contribution is -0.136. The highest BCUT2D eigenvalue weighted by molar-refractivity contribution is 6.05. The molecule has 1 saturated heterocycles. The normalized spacial score (nSPS) is 29.5. The van der Waals surface area contributed by atoms with E-state index in [0.29, 0.717) is 56.9 Å². The van der Waals surface area contributed by atoms with Crippen molar-refractivity contribution in [3.63, 3.8) is 0 Å². The van der Waals surface area contributed by atoms with Gasteiger partial charge in [-0.05, 0) is 42.9 Å². The van der Waals surface area contributed by atoms with Crippen molar-refractivity contribution in [1.29, 1.82) is 0 Å². The maximum atomic E-state index is 13.0. The van der Waals surface area contributed by atoms with Crippen molar-refractivity contribution in [2.75, 3.05) is 13.1 Å². The second kappa shape index (κ2) is 7.27. The summed E-state index contributed by atoms with van der Waals surface area (Å²) in [6, 6.07) is 5.08. The molecule has 8 heteroatoms. The zero-order valence-corrected chi connectivity index (χ0v) is 15.7. The first-order chi connectivity index (χ1) is 13.4. The van der Waals surface area contributed by atoms with Crippen LogP contribution in [0.2, 0.25) is 0 Å². The Hall–Kier alpha value is -2.29. The smallest absolute Gasteiger partial charge is 0.255 e. The quantitative estimate of drug-likeness (QED) is 0.495. The van der Waals surface area contributed by atoms with Crippen LogP contribution < -0.4 is 16.4 Å². The number of hydrogen-bond donors (Lipinski definition) is 4. The molecule has 4 rings (SSSR count). The van der Waals surface area contributed by atoms with E-state index < -0.39 is 17.6 Å². The van der Waals surface area contributed by atoms with Gasteiger partial charge in [0.25, 0.3) is 5.91 Å². The standard InChI is InChI=1S/C20H26N4O4/c21-8-12-6-20(28,7-12)11-22-9-13-2-1-3-14-10-24(19(27)17(13)14)15-4-5-16(25)23-18(15)26/h1-3,12,15,22,28H,4-11,21H2,(H,23,25,26). The number of piperidine rings is 1. The Bertz CT molecular complexity index is 818. The fraction of sp³-hybridized carbons (Fsp3) is 0.550. The van der Waals surface area contributed by atoms with Crippen molar-refractivity contribution >= 4 is 17.7 Å². The van der Waals surface area contributed by atoms with Gasteiger partial charge in [0.1, 0.15) is 6.04 Å². The van der Waals surface area contributed by atoms with Crippen molar-refractivity contribution < 1.29 is 19.5 Å². The number of benzene rings is 1. The number of carbonyl (C=O) groups excluding carboxylic acids is 3. The number of amides is 3. The topological polar surface area (TPSA) is 125 Å². The van der Waals surface area contributed by atoms with E-state index in [9.17, 15) is 19.5 Å². The molecule has 3 amide bonds. The molecule has 0 aromatic heterocycles. The highest BCUT2D eigenvalue weighted by atomic mass is 16.3. The highest BCUT2D eigenvalue weighted by Crippen LogP contribution is 2.36. The van der Waals surface area contributed by atoms with Crippen LogP contribution in [0.1, 0.15) is 47.2 Å². The van der Waals surface area contributed by atoms with Gasteiger partial charge in [-0.1, -0.05) is 18.2 Å². The van der Waals surface area contributed by atoms with Gasteiger partial charge in [0.05, 0.1) is 5.60 Å². The molecule has 2 heterocycles. The number of imide groups is 1. The molecular weight excluding hydrogens is 360 g/mol. The van der Waals surface area contributed by atoms with E-state index in [1.807, 2.05) is 18.2 Å². The van der Waals surface area contributed by atoms with Crippen molar-refractivity contribution in [1.82, 2.24) is 15.5 Å². The lowest BCUT2D eigenvalue weighted by Gasteiger charge is -2.43. The van der Waals surface area contributed by atoms with Gasteiger partial charge in [0, 0.05) is 31.6 Å². The predicted molar refractivity (Wildman–Crippen MR) is 101 cm³/mol. The molecule has 2 aliphatic heterocycles. The molecule has 1 unspecified atom stereocenters. The molecule has 0 bridgehead atoms. The summed E-state index contributed by atoms with van der Waals surface area (Å²) in [7, 11) is 0. The maximum absolute atomic E-state index is 13.0. The average Bonchev–Trinajstić information content (AvgIpc) is 2.97. The summed E-state index contributed by atoms with van der Waals surface area (Å²) in [5.41, 5.74) is 7.28. The summed E-state index contributed by atoms with van der Waals surface area (Å²) in [5, 5.41) is 16.0. The number of nitrogens with zero attached hydrogens (tertiary/aromatic N) is 1. The third-order valence-electron chi connectivity index (χ3n) is 6.08. The van der Waals surface area contributed by atoms with E-state index >= 15 is 0 Å². The minimum atomic E-state index is -0.718. The maximum Gasteiger partial charge on any atom is 0.255 e. The van der Waals surface area contributed by atoms with Gasteiger partial charge in [0.15, 0.2) is 0 Å². The first-order valence-electron chi connectivity index (χ1n) is 9.79. The van der Waals surface area contributed by atoms with Crippen LogP contribution in [-0.4, -0.2) is 52.5 Å². The SMILES string of the molecule is NCC1CC(O)(CNCc2cccc3c2C(=O)N(C2CCC(=O)NC2=O)C3)C1. The molecule has 2 fully saturated rings. The molecule has 1 aliphatic carbocycles. The Balaban J connectivity index is 1.42. The zero-order valence-electron chi connectivity index (χ0n) is 15.7. The van der Waals surface area contributed by atoms with Crippen molar-refractivity contribution in [2.24, 2.45) is 11.7 Å². The molecule has 0 spiro atoms. The van der Waals surface area contributed by atoms with Gasteiger partial charge < -0.3 is 21.1 Å². The van der Waals surface area contributed by atoms with Gasteiger partial charge in [-0.2, -0.15) is 0 Å². The molecule has 1 aromatic rings. The number of fused-ring (bicyclic) bond motifs is 1. The van der Waals surface area contributed by atoms with E-state index in [0.717, 1.165) is 11.1 Å². The Morgan fingerprint density at radius 2 is 2.07 bits per heavy atom. The Morgan fingerprint density at radius 1 is 1.29 bits per heavy atom. The van der Waals surface area contributed by atoms with E-state index in [2.05, 4.69) is 10.6 Å². The lowest BCUT2D eigenvalue weighted by Crippen LogP contribution is -2.53. The first kappa shape index (κ1) is 19.0. The minimum Gasteiger partial charge on any atom is -0.389 e. The van der Waals surface area contributed by atoms with Crippen LogP contribution >= 0.6 is 0 Å². The second-order valence-electron chi connectivity index (χ2n) is 8.19. The van der Waals surface area contributed by atoms with Gasteiger partial charge in [-0.25, -0.2) is 0 Å². The number of rotatable bonds is 6. The molecule has 3 aliphatic rings. The van der Waals surface area contributed by atoms with E-state index in [1.165, 1.54) is 0 Å². The summed E-state index contributed by atoms with van der Waals surface area (Å²) in [6.07, 6.45) is 2.00. The molecule has 5 N–H and O–H groups in total. The van der Waals surface area contributed by atoms with Crippen LogP contribution in [0.25, 0.3) is 0 Å². The van der Waals surface area contributed by atoms with E-state index in [4.69, 9.17) is 5.73 Å². The lowest BCUT2D eigenvalue weighted by atomic mass is 9.71. The predicted octanol–water partition coefficient (Wildman–Crippen LogP) is -0.363. The second-order valence-corrected chi connectivity index (χ2v) is 8.19. The molecule has 1 atom stereocenters. The number of carbonyl (C=O) groups is 3. The van der Waals surface area contributed by atoms with Crippen LogP contribution in [0.3, 0.4) is 0 Å². The third kappa shape index (κ3) is 3.43. The summed E-state index contributed by atoms with van der Waals surface area (Å²) < 4.78 is 0. The van der Waals surface area contributed by atoms with Gasteiger partial charge in [-0.15, -0.1) is 0 Å². The molecule has 1 aromatic carbocycles. The summed E-state index contributed by atoms with van der Waals surface area (Å²) in [4.78, 5) is 38.1. The van der Waals surface area contributed by atoms with Gasteiger partial charge in [-0.3, -0.25) is 19.7 Å². The van der Waals surface area contributed by atoms with Crippen molar-refractivity contribution in [3.8, 4) is 0 Å². The monoisotopic (exact) mass is 386 g/mol. The van der Waals surface area contributed by atoms with Crippen LogP contribution in [0.5, 0.6) is 0 Å². The molecule has 8 nitrogen and oxygen atoms in total. The highest BCUT2D eigenvalue weighted by Gasteiger charge is 2.42. The Labute approximate surface area is 163 Å². The van der Waals surface area contributed by atoms with Crippen LogP contribution in [0, 0.1) is 5.92 Å². The number of nitrogens with one attached hydrogen (secondary N) is 2. The molecule has 28 heavy (non-hydrogen) atoms. The summed E-state index contributed by atoms with van der Waals surface area (Å²) in [5.74, 6) is -0.483. The Morgan fingerprint density at radius 3 is 2.79 bits per heavy atom. The third-order valence-corrected chi connectivity index (χ3v) is 6.08. The number of aliphatic hydroxyl groups is 1. The number of nitrogens with two attached hydrogens (primary N) is 1. The average molecular weight is 386 g/mol. The summed E-state index contributed by atoms with van der Waals surface area (Å²) in [6.45, 7) is 1.89. The Kier molecular flexibility index (Phi) is 4.95. The summed E-state index contributed by atoms with van der Waals surface area (Å²) >= 11 is 0. The zero-order chi connectivity index (χ0) is 19.9. The molecule has 150 valence electrons. The van der Waals surface area contributed by atoms with E-state index in [-0.39, 0.29) is 18.2 Å². The minimum absolute atomic E-state index is 0.174. The van der Waals surface area contributed by atoms with Crippen LogP contribution in [-0.2, 0) is 22.7 Å². The van der Waals surface area contributed by atoms with E-state index in [1.54, 1.807) is 4.90 Å². The largest absolute Gasteiger partial charge is 0.389 e. The molecule has 1 saturated carbocycles. The fourth-order valence-corrected chi connectivity index (χ4v) is 4.59.